The van der Waals surface area contributed by atoms with Gasteiger partial charge in [-0.25, -0.2) is 0 Å². The molecule has 2 aliphatic heterocycles. The molecule has 17 heavy (non-hydrogen) atoms. The van der Waals surface area contributed by atoms with Crippen LogP contribution in [0, 0.1) is 0 Å². The molecule has 90 valence electrons. The Morgan fingerprint density at radius 3 is 2.76 bits per heavy atom. The summed E-state index contributed by atoms with van der Waals surface area (Å²) in [5.74, 6) is -0.179. The van der Waals surface area contributed by atoms with Gasteiger partial charge in [-0.2, -0.15) is 0 Å². The van der Waals surface area contributed by atoms with Gasteiger partial charge >= 0.3 is 0 Å². The van der Waals surface area contributed by atoms with Crippen LogP contribution in [0.15, 0.2) is 24.3 Å². The Bertz CT molecular complexity index is 497. The molecule has 0 saturated carbocycles. The Morgan fingerprint density at radius 1 is 1.41 bits per heavy atom. The third-order valence-corrected chi connectivity index (χ3v) is 3.92. The summed E-state index contributed by atoms with van der Waals surface area (Å²) >= 11 is 0. The lowest BCUT2D eigenvalue weighted by Gasteiger charge is -2.33. The van der Waals surface area contributed by atoms with E-state index < -0.39 is 11.2 Å². The summed E-state index contributed by atoms with van der Waals surface area (Å²) in [6.45, 7) is 2.08. The number of rotatable bonds is 0. The van der Waals surface area contributed by atoms with Crippen molar-refractivity contribution in [2.75, 3.05) is 18.6 Å². The summed E-state index contributed by atoms with van der Waals surface area (Å²) < 4.78 is 5.68. The lowest BCUT2D eigenvalue weighted by Crippen LogP contribution is -2.52. The Kier molecular flexibility index (Phi) is 1.95. The Labute approximate surface area is 99.8 Å². The Morgan fingerprint density at radius 2 is 2.12 bits per heavy atom. The molecule has 1 spiro atoms. The van der Waals surface area contributed by atoms with E-state index in [1.807, 2.05) is 24.3 Å². The molecule has 4 heteroatoms. The number of hydrogen-bond acceptors (Lipinski definition) is 3. The normalized spacial score (nSPS) is 35.7. The second-order valence-corrected chi connectivity index (χ2v) is 4.93. The fourth-order valence-corrected chi connectivity index (χ4v) is 2.92. The largest absolute Gasteiger partial charge is 0.386 e. The fraction of sp³-hybridized carbons (Fsp3) is 0.462. The minimum absolute atomic E-state index is 0.179. The average molecular weight is 233 g/mol. The van der Waals surface area contributed by atoms with Crippen LogP contribution in [-0.2, 0) is 15.1 Å². The number of ether oxygens (including phenoxy) is 1. The second kappa shape index (κ2) is 3.09. The van der Waals surface area contributed by atoms with Crippen molar-refractivity contribution in [1.82, 2.24) is 0 Å². The number of aliphatic hydroxyl groups is 1. The zero-order chi connectivity index (χ0) is 12.3. The second-order valence-electron chi connectivity index (χ2n) is 4.93. The maximum absolute atomic E-state index is 12.4. The molecule has 2 heterocycles. The zero-order valence-electron chi connectivity index (χ0n) is 9.93. The lowest BCUT2D eigenvalue weighted by molar-refractivity contribution is -0.158. The maximum atomic E-state index is 12.4. The number of anilines is 1. The molecule has 2 atom stereocenters. The molecule has 4 nitrogen and oxygen atoms in total. The van der Waals surface area contributed by atoms with Crippen molar-refractivity contribution in [2.24, 2.45) is 0 Å². The van der Waals surface area contributed by atoms with E-state index in [0.29, 0.717) is 13.0 Å². The van der Waals surface area contributed by atoms with E-state index in [2.05, 4.69) is 0 Å². The minimum atomic E-state index is -1.21. The number of fused-ring (bicyclic) bond motifs is 2. The summed E-state index contributed by atoms with van der Waals surface area (Å²) in [5.41, 5.74) is -0.766. The first-order chi connectivity index (χ1) is 8.01. The van der Waals surface area contributed by atoms with E-state index in [0.717, 1.165) is 11.3 Å². The molecule has 0 unspecified atom stereocenters. The van der Waals surface area contributed by atoms with Crippen LogP contribution in [0.3, 0.4) is 0 Å². The molecular weight excluding hydrogens is 218 g/mol. The topological polar surface area (TPSA) is 49.8 Å². The van der Waals surface area contributed by atoms with Crippen LogP contribution >= 0.6 is 0 Å². The first-order valence-corrected chi connectivity index (χ1v) is 5.75. The Hall–Kier alpha value is -1.39. The van der Waals surface area contributed by atoms with Crippen molar-refractivity contribution in [3.8, 4) is 0 Å². The van der Waals surface area contributed by atoms with Gasteiger partial charge in [0.15, 0.2) is 0 Å². The third-order valence-electron chi connectivity index (χ3n) is 3.92. The van der Waals surface area contributed by atoms with Crippen molar-refractivity contribution >= 4 is 11.6 Å². The molecule has 1 fully saturated rings. The molecule has 0 aliphatic carbocycles. The molecule has 1 aromatic carbocycles. The molecule has 1 N–H and O–H groups in total. The van der Waals surface area contributed by atoms with Gasteiger partial charge in [-0.15, -0.1) is 0 Å². The van der Waals surface area contributed by atoms with Crippen LogP contribution in [0.25, 0.3) is 0 Å². The summed E-state index contributed by atoms with van der Waals surface area (Å²) in [4.78, 5) is 14.0. The van der Waals surface area contributed by atoms with Crippen molar-refractivity contribution in [3.63, 3.8) is 0 Å². The van der Waals surface area contributed by atoms with Gasteiger partial charge in [-0.3, -0.25) is 4.79 Å². The number of nitrogens with zero attached hydrogens (tertiary/aromatic N) is 1. The Balaban J connectivity index is 2.29. The molecule has 3 rings (SSSR count). The highest BCUT2D eigenvalue weighted by atomic mass is 16.5. The van der Waals surface area contributed by atoms with Crippen molar-refractivity contribution < 1.29 is 14.6 Å². The van der Waals surface area contributed by atoms with E-state index in [9.17, 15) is 9.90 Å². The van der Waals surface area contributed by atoms with E-state index in [-0.39, 0.29) is 5.91 Å². The highest BCUT2D eigenvalue weighted by Crippen LogP contribution is 2.52. The summed E-state index contributed by atoms with van der Waals surface area (Å²) in [6, 6.07) is 7.48. The predicted molar refractivity (Wildman–Crippen MR) is 62.7 cm³/mol. The number of para-hydroxylation sites is 1. The molecule has 0 radical (unpaired) electrons. The number of likely N-dealkylation sites (N-methyl/N-ethyl adjacent to an activating group) is 1. The summed E-state index contributed by atoms with van der Waals surface area (Å²) in [5, 5.41) is 10.5. The fourth-order valence-electron chi connectivity index (χ4n) is 2.92. The lowest BCUT2D eigenvalue weighted by atomic mass is 9.79. The first-order valence-electron chi connectivity index (χ1n) is 5.75. The van der Waals surface area contributed by atoms with Crippen molar-refractivity contribution in [2.45, 2.75) is 24.5 Å². The van der Waals surface area contributed by atoms with Gasteiger partial charge in [0.05, 0.1) is 12.3 Å². The van der Waals surface area contributed by atoms with Gasteiger partial charge in [0, 0.05) is 19.0 Å². The highest BCUT2D eigenvalue weighted by Gasteiger charge is 2.64. The van der Waals surface area contributed by atoms with Gasteiger partial charge in [0.25, 0.3) is 5.91 Å². The van der Waals surface area contributed by atoms with Gasteiger partial charge in [0.1, 0.15) is 5.60 Å². The van der Waals surface area contributed by atoms with Crippen LogP contribution in [0.2, 0.25) is 0 Å². The van der Waals surface area contributed by atoms with E-state index >= 15 is 0 Å². The molecule has 1 amide bonds. The smallest absolute Gasteiger partial charge is 0.266 e. The molecular formula is C13H15NO3. The molecule has 1 saturated heterocycles. The van der Waals surface area contributed by atoms with Crippen LogP contribution in [-0.4, -0.2) is 30.3 Å². The van der Waals surface area contributed by atoms with Crippen molar-refractivity contribution in [1.29, 1.82) is 0 Å². The number of carbonyl (C=O) groups is 1. The van der Waals surface area contributed by atoms with Crippen LogP contribution < -0.4 is 4.90 Å². The SMILES string of the molecule is CN1C(=O)[C@]2(OCC[C@@]2(C)O)c2ccccc21. The van der Waals surface area contributed by atoms with Crippen LogP contribution in [0.4, 0.5) is 5.69 Å². The molecule has 0 aromatic heterocycles. The van der Waals surface area contributed by atoms with Gasteiger partial charge in [-0.1, -0.05) is 18.2 Å². The summed E-state index contributed by atoms with van der Waals surface area (Å²) in [6.07, 6.45) is 0.473. The van der Waals surface area contributed by atoms with E-state index in [4.69, 9.17) is 4.74 Å². The maximum Gasteiger partial charge on any atom is 0.266 e. The van der Waals surface area contributed by atoms with Crippen LogP contribution in [0.5, 0.6) is 0 Å². The molecule has 2 aliphatic rings. The van der Waals surface area contributed by atoms with Gasteiger partial charge in [-0.05, 0) is 13.0 Å². The monoisotopic (exact) mass is 233 g/mol. The predicted octanol–water partition coefficient (Wildman–Crippen LogP) is 1.03. The average Bonchev–Trinajstić information content (AvgIpc) is 2.73. The molecule has 1 aromatic rings. The molecule has 0 bridgehead atoms. The number of carbonyl (C=O) groups excluding carboxylic acids is 1. The van der Waals surface area contributed by atoms with E-state index in [1.165, 1.54) is 0 Å². The standard InChI is InChI=1S/C13H15NO3/c1-12(16)7-8-17-13(12)9-5-3-4-6-10(9)14(2)11(13)15/h3-6,16H,7-8H2,1-2H3/t12-,13-/m1/s1. The number of benzene rings is 1. The minimum Gasteiger partial charge on any atom is -0.386 e. The number of amides is 1. The number of hydrogen-bond donors (Lipinski definition) is 1. The third kappa shape index (κ3) is 1.07. The first kappa shape index (κ1) is 10.7. The quantitative estimate of drug-likeness (QED) is 0.728. The van der Waals surface area contributed by atoms with Gasteiger partial charge in [0.2, 0.25) is 5.60 Å². The zero-order valence-corrected chi connectivity index (χ0v) is 9.93. The van der Waals surface area contributed by atoms with Gasteiger partial charge < -0.3 is 14.7 Å². The van der Waals surface area contributed by atoms with E-state index in [1.54, 1.807) is 18.9 Å². The van der Waals surface area contributed by atoms with Crippen LogP contribution in [0.1, 0.15) is 18.9 Å². The summed E-state index contributed by atoms with van der Waals surface area (Å²) in [7, 11) is 1.72. The highest BCUT2D eigenvalue weighted by molar-refractivity contribution is 6.07. The van der Waals surface area contributed by atoms with Crippen molar-refractivity contribution in [3.05, 3.63) is 29.8 Å².